The molecule has 2 nitrogen and oxygen atoms in total. The second kappa shape index (κ2) is 3.35. The number of aromatic nitrogens is 1. The molecule has 1 aromatic rings. The summed E-state index contributed by atoms with van der Waals surface area (Å²) in [6.45, 7) is 0. The van der Waals surface area contributed by atoms with Gasteiger partial charge in [0.05, 0.1) is 17.2 Å². The molecule has 0 bridgehead atoms. The Balaban J connectivity index is 2.15. The Kier molecular flexibility index (Phi) is 2.21. The van der Waals surface area contributed by atoms with Crippen LogP contribution in [0.25, 0.3) is 0 Å². The highest BCUT2D eigenvalue weighted by molar-refractivity contribution is 7.98. The molecule has 0 aromatic carbocycles. The number of hydrogen-bond acceptors (Lipinski definition) is 3. The van der Waals surface area contributed by atoms with Crippen molar-refractivity contribution < 1.29 is 4.74 Å². The van der Waals surface area contributed by atoms with Crippen LogP contribution in [0.4, 0.5) is 0 Å². The molecule has 3 heteroatoms. The molecule has 0 radical (unpaired) electrons. The molecule has 1 aliphatic carbocycles. The lowest BCUT2D eigenvalue weighted by Crippen LogP contribution is -1.97. The smallest absolute Gasteiger partial charge is 0.151 e. The molecule has 1 aromatic heterocycles. The van der Waals surface area contributed by atoms with Gasteiger partial charge in [-0.15, -0.1) is 11.8 Å². The first-order valence-electron chi connectivity index (χ1n) is 4.05. The number of pyridine rings is 1. The van der Waals surface area contributed by atoms with Gasteiger partial charge in [0.15, 0.2) is 5.75 Å². The summed E-state index contributed by atoms with van der Waals surface area (Å²) in [5.74, 6) is 0.938. The molecule has 0 atom stereocenters. The summed E-state index contributed by atoms with van der Waals surface area (Å²) < 4.78 is 5.66. The lowest BCUT2D eigenvalue weighted by molar-refractivity contribution is 0.294. The van der Waals surface area contributed by atoms with E-state index >= 15 is 0 Å². The van der Waals surface area contributed by atoms with Crippen molar-refractivity contribution in [2.45, 2.75) is 23.8 Å². The van der Waals surface area contributed by atoms with Gasteiger partial charge in [0.25, 0.3) is 0 Å². The number of hydrogen-bond donors (Lipinski definition) is 0. The standard InChI is InChI=1S/C9H11NOS/c1-12-9-4-5-10-6-8(9)11-7-2-3-7/h4-7H,2-3H2,1H3. The second-order valence-electron chi connectivity index (χ2n) is 2.84. The van der Waals surface area contributed by atoms with Crippen molar-refractivity contribution >= 4 is 11.8 Å². The Hall–Kier alpha value is -0.700. The maximum Gasteiger partial charge on any atom is 0.151 e. The SMILES string of the molecule is CSc1ccncc1OC1CC1. The lowest BCUT2D eigenvalue weighted by Gasteiger charge is -2.06. The average Bonchev–Trinajstić information content (AvgIpc) is 2.89. The van der Waals surface area contributed by atoms with Gasteiger partial charge >= 0.3 is 0 Å². The van der Waals surface area contributed by atoms with Crippen molar-refractivity contribution in [2.75, 3.05) is 6.26 Å². The third-order valence-corrected chi connectivity index (χ3v) is 2.56. The summed E-state index contributed by atoms with van der Waals surface area (Å²) in [6, 6.07) is 1.99. The van der Waals surface area contributed by atoms with E-state index in [1.54, 1.807) is 24.2 Å². The molecule has 0 unspecified atom stereocenters. The van der Waals surface area contributed by atoms with Crippen LogP contribution in [-0.2, 0) is 0 Å². The van der Waals surface area contributed by atoms with E-state index < -0.39 is 0 Å². The van der Waals surface area contributed by atoms with Crippen molar-refractivity contribution in [3.05, 3.63) is 18.5 Å². The molecular weight excluding hydrogens is 170 g/mol. The van der Waals surface area contributed by atoms with Gasteiger partial charge in [-0.2, -0.15) is 0 Å². The van der Waals surface area contributed by atoms with Crippen LogP contribution in [0.15, 0.2) is 23.4 Å². The first-order chi connectivity index (χ1) is 5.90. The normalized spacial score (nSPS) is 16.1. The van der Waals surface area contributed by atoms with E-state index in [0.717, 1.165) is 5.75 Å². The molecule has 1 aliphatic rings. The maximum atomic E-state index is 5.66. The summed E-state index contributed by atoms with van der Waals surface area (Å²) in [5.41, 5.74) is 0. The zero-order valence-electron chi connectivity index (χ0n) is 6.99. The predicted molar refractivity (Wildman–Crippen MR) is 49.7 cm³/mol. The highest BCUT2D eigenvalue weighted by atomic mass is 32.2. The van der Waals surface area contributed by atoms with Crippen molar-refractivity contribution in [2.24, 2.45) is 0 Å². The molecule has 0 spiro atoms. The Bertz CT molecular complexity index is 273. The third-order valence-electron chi connectivity index (χ3n) is 1.78. The fraction of sp³-hybridized carbons (Fsp3) is 0.444. The van der Waals surface area contributed by atoms with Gasteiger partial charge in [-0.3, -0.25) is 4.98 Å². The molecule has 0 aliphatic heterocycles. The Labute approximate surface area is 76.3 Å². The van der Waals surface area contributed by atoms with Crippen molar-refractivity contribution in [1.29, 1.82) is 0 Å². The zero-order valence-corrected chi connectivity index (χ0v) is 7.80. The zero-order chi connectivity index (χ0) is 8.39. The summed E-state index contributed by atoms with van der Waals surface area (Å²) in [7, 11) is 0. The maximum absolute atomic E-state index is 5.66. The van der Waals surface area contributed by atoms with Crippen molar-refractivity contribution in [3.8, 4) is 5.75 Å². The van der Waals surface area contributed by atoms with Crippen LogP contribution in [0.5, 0.6) is 5.75 Å². The fourth-order valence-electron chi connectivity index (χ4n) is 0.990. The van der Waals surface area contributed by atoms with E-state index in [0.29, 0.717) is 6.10 Å². The van der Waals surface area contributed by atoms with Gasteiger partial charge in [0.2, 0.25) is 0 Å². The van der Waals surface area contributed by atoms with E-state index in [1.807, 2.05) is 6.07 Å². The largest absolute Gasteiger partial charge is 0.488 e. The minimum Gasteiger partial charge on any atom is -0.488 e. The summed E-state index contributed by atoms with van der Waals surface area (Å²) >= 11 is 1.70. The minimum atomic E-state index is 0.458. The number of nitrogens with zero attached hydrogens (tertiary/aromatic N) is 1. The summed E-state index contributed by atoms with van der Waals surface area (Å²) in [6.07, 6.45) is 8.50. The average molecular weight is 181 g/mol. The van der Waals surface area contributed by atoms with E-state index in [2.05, 4.69) is 11.2 Å². The van der Waals surface area contributed by atoms with Crippen LogP contribution >= 0.6 is 11.8 Å². The topological polar surface area (TPSA) is 22.1 Å². The highest BCUT2D eigenvalue weighted by Gasteiger charge is 2.24. The van der Waals surface area contributed by atoms with Crippen LogP contribution < -0.4 is 4.74 Å². The van der Waals surface area contributed by atoms with Gasteiger partial charge in [-0.1, -0.05) is 0 Å². The predicted octanol–water partition coefficient (Wildman–Crippen LogP) is 2.34. The van der Waals surface area contributed by atoms with Gasteiger partial charge in [0, 0.05) is 6.20 Å². The molecule has 64 valence electrons. The molecule has 2 rings (SSSR count). The van der Waals surface area contributed by atoms with Crippen LogP contribution in [0.1, 0.15) is 12.8 Å². The minimum absolute atomic E-state index is 0.458. The van der Waals surface area contributed by atoms with E-state index in [-0.39, 0.29) is 0 Å². The molecule has 12 heavy (non-hydrogen) atoms. The van der Waals surface area contributed by atoms with Gasteiger partial charge in [-0.05, 0) is 25.2 Å². The van der Waals surface area contributed by atoms with Gasteiger partial charge in [-0.25, -0.2) is 0 Å². The molecule has 1 fully saturated rings. The Morgan fingerprint density at radius 1 is 1.58 bits per heavy atom. The number of thioether (sulfide) groups is 1. The number of ether oxygens (including phenoxy) is 1. The van der Waals surface area contributed by atoms with E-state index in [9.17, 15) is 0 Å². The fourth-order valence-corrected chi connectivity index (χ4v) is 1.49. The van der Waals surface area contributed by atoms with Gasteiger partial charge in [0.1, 0.15) is 0 Å². The highest BCUT2D eigenvalue weighted by Crippen LogP contribution is 2.32. The van der Waals surface area contributed by atoms with Crippen LogP contribution in [0.2, 0.25) is 0 Å². The first-order valence-corrected chi connectivity index (χ1v) is 5.27. The number of rotatable bonds is 3. The Morgan fingerprint density at radius 2 is 2.42 bits per heavy atom. The molecule has 1 heterocycles. The van der Waals surface area contributed by atoms with E-state index in [4.69, 9.17) is 4.74 Å². The Morgan fingerprint density at radius 3 is 3.08 bits per heavy atom. The van der Waals surface area contributed by atoms with Crippen LogP contribution in [-0.4, -0.2) is 17.3 Å². The molecular formula is C9H11NOS. The van der Waals surface area contributed by atoms with Crippen molar-refractivity contribution in [1.82, 2.24) is 4.98 Å². The molecule has 0 saturated heterocycles. The summed E-state index contributed by atoms with van der Waals surface area (Å²) in [4.78, 5) is 5.21. The van der Waals surface area contributed by atoms with Gasteiger partial charge < -0.3 is 4.74 Å². The first kappa shape index (κ1) is 7.92. The molecule has 1 saturated carbocycles. The van der Waals surface area contributed by atoms with E-state index in [1.165, 1.54) is 17.7 Å². The van der Waals surface area contributed by atoms with Crippen LogP contribution in [0, 0.1) is 0 Å². The summed E-state index contributed by atoms with van der Waals surface area (Å²) in [5, 5.41) is 0. The lowest BCUT2D eigenvalue weighted by atomic mass is 10.4. The monoisotopic (exact) mass is 181 g/mol. The molecule has 0 N–H and O–H groups in total. The third kappa shape index (κ3) is 1.72. The quantitative estimate of drug-likeness (QED) is 0.668. The second-order valence-corrected chi connectivity index (χ2v) is 3.69. The van der Waals surface area contributed by atoms with Crippen LogP contribution in [0.3, 0.4) is 0 Å². The molecule has 0 amide bonds. The van der Waals surface area contributed by atoms with Crippen molar-refractivity contribution in [3.63, 3.8) is 0 Å².